The molecule has 1 aliphatic carbocycles. The molecule has 1 saturated carbocycles. The van der Waals surface area contributed by atoms with E-state index in [9.17, 15) is 9.59 Å². The molecule has 1 amide bonds. The molecule has 1 saturated heterocycles. The molecule has 2 heterocycles. The monoisotopic (exact) mass is 251 g/mol. The average molecular weight is 251 g/mol. The van der Waals surface area contributed by atoms with Crippen molar-refractivity contribution in [2.24, 2.45) is 5.92 Å². The highest BCUT2D eigenvalue weighted by molar-refractivity contribution is 5.92. The van der Waals surface area contributed by atoms with Crippen molar-refractivity contribution >= 4 is 5.91 Å². The standard InChI is InChI=1S/C12H17N3O3/c16-11(10-5-13-12(17)14-10)15-4-3-9(6-15)18-7-8-1-2-8/h5,8-9H,1-4,6-7H2,(H2,13,14,17). The molecule has 2 fully saturated rings. The molecule has 0 radical (unpaired) electrons. The number of ether oxygens (including phenoxy) is 1. The molecule has 0 aromatic carbocycles. The Balaban J connectivity index is 1.54. The number of amides is 1. The van der Waals surface area contributed by atoms with E-state index in [4.69, 9.17) is 4.74 Å². The Morgan fingerprint density at radius 1 is 1.44 bits per heavy atom. The summed E-state index contributed by atoms with van der Waals surface area (Å²) in [5, 5.41) is 0. The largest absolute Gasteiger partial charge is 0.376 e. The van der Waals surface area contributed by atoms with Crippen molar-refractivity contribution in [1.82, 2.24) is 14.9 Å². The van der Waals surface area contributed by atoms with E-state index in [-0.39, 0.29) is 17.7 Å². The van der Waals surface area contributed by atoms with E-state index in [1.807, 2.05) is 0 Å². The van der Waals surface area contributed by atoms with E-state index in [0.29, 0.717) is 18.8 Å². The molecule has 1 aliphatic heterocycles. The van der Waals surface area contributed by atoms with Gasteiger partial charge >= 0.3 is 5.69 Å². The highest BCUT2D eigenvalue weighted by Crippen LogP contribution is 2.30. The molecule has 0 spiro atoms. The fourth-order valence-corrected chi connectivity index (χ4v) is 2.22. The van der Waals surface area contributed by atoms with Crippen molar-refractivity contribution in [3.63, 3.8) is 0 Å². The minimum Gasteiger partial charge on any atom is -0.376 e. The van der Waals surface area contributed by atoms with E-state index >= 15 is 0 Å². The summed E-state index contributed by atoms with van der Waals surface area (Å²) in [5.74, 6) is 0.613. The molecular weight excluding hydrogens is 234 g/mol. The van der Waals surface area contributed by atoms with Gasteiger partial charge in [0.2, 0.25) is 0 Å². The fourth-order valence-electron chi connectivity index (χ4n) is 2.22. The van der Waals surface area contributed by atoms with Gasteiger partial charge in [-0.15, -0.1) is 0 Å². The third kappa shape index (κ3) is 2.48. The number of H-pyrrole nitrogens is 2. The van der Waals surface area contributed by atoms with Crippen molar-refractivity contribution in [3.8, 4) is 0 Å². The Labute approximate surface area is 104 Å². The van der Waals surface area contributed by atoms with Gasteiger partial charge in [0.05, 0.1) is 6.10 Å². The highest BCUT2D eigenvalue weighted by atomic mass is 16.5. The maximum atomic E-state index is 12.0. The van der Waals surface area contributed by atoms with E-state index in [1.165, 1.54) is 19.0 Å². The summed E-state index contributed by atoms with van der Waals surface area (Å²) < 4.78 is 5.77. The second-order valence-electron chi connectivity index (χ2n) is 5.10. The van der Waals surface area contributed by atoms with Crippen LogP contribution < -0.4 is 5.69 Å². The number of rotatable bonds is 4. The molecule has 6 heteroatoms. The zero-order valence-corrected chi connectivity index (χ0v) is 10.1. The quantitative estimate of drug-likeness (QED) is 0.810. The van der Waals surface area contributed by atoms with Gasteiger partial charge in [0, 0.05) is 25.9 Å². The highest BCUT2D eigenvalue weighted by Gasteiger charge is 2.30. The van der Waals surface area contributed by atoms with E-state index in [0.717, 1.165) is 18.9 Å². The Hall–Kier alpha value is -1.56. The molecule has 1 aromatic heterocycles. The van der Waals surface area contributed by atoms with Crippen LogP contribution in [0.4, 0.5) is 0 Å². The van der Waals surface area contributed by atoms with Crippen LogP contribution in [0.2, 0.25) is 0 Å². The van der Waals surface area contributed by atoms with Crippen LogP contribution in [0.25, 0.3) is 0 Å². The Morgan fingerprint density at radius 3 is 2.94 bits per heavy atom. The zero-order chi connectivity index (χ0) is 12.5. The van der Waals surface area contributed by atoms with E-state index in [1.54, 1.807) is 4.90 Å². The molecule has 2 aliphatic rings. The number of carbonyl (C=O) groups is 1. The fraction of sp³-hybridized carbons (Fsp3) is 0.667. The number of hydrogen-bond acceptors (Lipinski definition) is 3. The van der Waals surface area contributed by atoms with Gasteiger partial charge in [-0.05, 0) is 25.2 Å². The van der Waals surface area contributed by atoms with Gasteiger partial charge in [0.15, 0.2) is 0 Å². The van der Waals surface area contributed by atoms with Crippen LogP contribution in [-0.2, 0) is 4.74 Å². The predicted molar refractivity (Wildman–Crippen MR) is 64.4 cm³/mol. The first-order valence-corrected chi connectivity index (χ1v) is 6.41. The van der Waals surface area contributed by atoms with Gasteiger partial charge in [-0.3, -0.25) is 4.79 Å². The van der Waals surface area contributed by atoms with Gasteiger partial charge in [-0.25, -0.2) is 4.79 Å². The molecule has 2 N–H and O–H groups in total. The van der Waals surface area contributed by atoms with Crippen LogP contribution >= 0.6 is 0 Å². The molecule has 1 atom stereocenters. The number of likely N-dealkylation sites (tertiary alicyclic amines) is 1. The van der Waals surface area contributed by atoms with Crippen LogP contribution in [0.15, 0.2) is 11.0 Å². The number of carbonyl (C=O) groups excluding carboxylic acids is 1. The zero-order valence-electron chi connectivity index (χ0n) is 10.1. The summed E-state index contributed by atoms with van der Waals surface area (Å²) in [5.41, 5.74) is -0.0260. The van der Waals surface area contributed by atoms with Crippen molar-refractivity contribution in [2.45, 2.75) is 25.4 Å². The van der Waals surface area contributed by atoms with Crippen molar-refractivity contribution in [2.75, 3.05) is 19.7 Å². The second kappa shape index (κ2) is 4.61. The number of aromatic nitrogens is 2. The number of hydrogen-bond donors (Lipinski definition) is 2. The van der Waals surface area contributed by atoms with E-state index < -0.39 is 0 Å². The minimum absolute atomic E-state index is 0.133. The molecule has 6 nitrogen and oxygen atoms in total. The molecule has 1 unspecified atom stereocenters. The topological polar surface area (TPSA) is 78.2 Å². The lowest BCUT2D eigenvalue weighted by Gasteiger charge is -2.15. The Bertz CT molecular complexity index is 489. The third-order valence-electron chi connectivity index (χ3n) is 3.52. The predicted octanol–water partition coefficient (Wildman–Crippen LogP) is 0.344. The average Bonchev–Trinajstić information content (AvgIpc) is 2.90. The van der Waals surface area contributed by atoms with Gasteiger partial charge in [-0.2, -0.15) is 0 Å². The number of aromatic amines is 2. The Morgan fingerprint density at radius 2 is 2.28 bits per heavy atom. The van der Waals surface area contributed by atoms with Crippen LogP contribution in [0.1, 0.15) is 29.8 Å². The summed E-state index contributed by atoms with van der Waals surface area (Å²) in [6, 6.07) is 0. The number of nitrogens with one attached hydrogen (secondary N) is 2. The number of imidazole rings is 1. The van der Waals surface area contributed by atoms with Gasteiger partial charge in [-0.1, -0.05) is 0 Å². The summed E-state index contributed by atoms with van der Waals surface area (Å²) in [7, 11) is 0. The molecule has 1 aromatic rings. The first kappa shape index (κ1) is 11.5. The Kier molecular flexibility index (Phi) is 2.95. The summed E-state index contributed by atoms with van der Waals surface area (Å²) in [4.78, 5) is 29.6. The summed E-state index contributed by atoms with van der Waals surface area (Å²) >= 11 is 0. The van der Waals surface area contributed by atoms with E-state index in [2.05, 4.69) is 9.97 Å². The maximum Gasteiger partial charge on any atom is 0.323 e. The third-order valence-corrected chi connectivity index (χ3v) is 3.52. The summed E-state index contributed by atoms with van der Waals surface area (Å²) in [6.07, 6.45) is 5.01. The van der Waals surface area contributed by atoms with Gasteiger partial charge < -0.3 is 19.6 Å². The number of nitrogens with zero attached hydrogens (tertiary/aromatic N) is 1. The first-order chi connectivity index (χ1) is 8.72. The smallest absolute Gasteiger partial charge is 0.323 e. The lowest BCUT2D eigenvalue weighted by atomic mass is 10.3. The van der Waals surface area contributed by atoms with Crippen LogP contribution in [0.5, 0.6) is 0 Å². The van der Waals surface area contributed by atoms with Gasteiger partial charge in [0.25, 0.3) is 5.91 Å². The lowest BCUT2D eigenvalue weighted by Crippen LogP contribution is -2.30. The molecule has 0 bridgehead atoms. The van der Waals surface area contributed by atoms with Crippen molar-refractivity contribution in [3.05, 3.63) is 22.4 Å². The summed E-state index contributed by atoms with van der Waals surface area (Å²) in [6.45, 7) is 2.15. The maximum absolute atomic E-state index is 12.0. The molecular formula is C12H17N3O3. The van der Waals surface area contributed by atoms with Crippen molar-refractivity contribution in [1.29, 1.82) is 0 Å². The molecule has 98 valence electrons. The normalized spacial score (nSPS) is 23.6. The second-order valence-corrected chi connectivity index (χ2v) is 5.10. The van der Waals surface area contributed by atoms with Crippen LogP contribution in [0, 0.1) is 5.92 Å². The van der Waals surface area contributed by atoms with Crippen molar-refractivity contribution < 1.29 is 9.53 Å². The first-order valence-electron chi connectivity index (χ1n) is 6.41. The van der Waals surface area contributed by atoms with Crippen LogP contribution in [-0.4, -0.2) is 46.6 Å². The SMILES string of the molecule is O=C(c1c[nH]c(=O)[nH]1)N1CCC(OCC2CC2)C1. The molecule has 18 heavy (non-hydrogen) atoms. The van der Waals surface area contributed by atoms with Crippen LogP contribution in [0.3, 0.4) is 0 Å². The van der Waals surface area contributed by atoms with Gasteiger partial charge in [0.1, 0.15) is 5.69 Å². The minimum atomic E-state index is -0.348. The molecule has 3 rings (SSSR count). The lowest BCUT2D eigenvalue weighted by molar-refractivity contribution is 0.0479.